The van der Waals surface area contributed by atoms with Gasteiger partial charge in [0.25, 0.3) is 0 Å². The summed E-state index contributed by atoms with van der Waals surface area (Å²) in [4.78, 5) is 19.5. The third-order valence-electron chi connectivity index (χ3n) is 6.71. The molecule has 190 valence electrons. The molecule has 6 heteroatoms. The van der Waals surface area contributed by atoms with Gasteiger partial charge in [-0.2, -0.15) is 0 Å². The number of aliphatic hydroxyl groups is 1. The molecule has 4 rings (SSSR count). The van der Waals surface area contributed by atoms with E-state index in [2.05, 4.69) is 29.2 Å². The Morgan fingerprint density at radius 3 is 2.42 bits per heavy atom. The van der Waals surface area contributed by atoms with E-state index in [0.29, 0.717) is 31.9 Å². The van der Waals surface area contributed by atoms with Gasteiger partial charge < -0.3 is 19.5 Å². The third kappa shape index (κ3) is 5.71. The zero-order valence-electron chi connectivity index (χ0n) is 21.8. The lowest BCUT2D eigenvalue weighted by molar-refractivity contribution is -0.101. The van der Waals surface area contributed by atoms with Crippen molar-refractivity contribution in [2.45, 2.75) is 64.7 Å². The number of cyclic esters (lactones) is 1. The molecule has 1 aliphatic heterocycles. The first-order chi connectivity index (χ1) is 17.1. The lowest BCUT2D eigenvalue weighted by atomic mass is 9.80. The second-order valence-corrected chi connectivity index (χ2v) is 10.2. The minimum atomic E-state index is -0.979. The SMILES string of the molecule is CCOc1cc(-c2ccc([C@H](C)N3CCC(CC(C)(C)O)(c4ccccc4)OC3=O)cc2)cc(C)n1. The molecule has 2 aromatic carbocycles. The molecule has 0 aliphatic carbocycles. The highest BCUT2D eigenvalue weighted by Crippen LogP contribution is 2.42. The van der Waals surface area contributed by atoms with E-state index in [4.69, 9.17) is 9.47 Å². The quantitative estimate of drug-likeness (QED) is 0.396. The van der Waals surface area contributed by atoms with Crippen molar-refractivity contribution < 1.29 is 19.4 Å². The van der Waals surface area contributed by atoms with E-state index < -0.39 is 11.2 Å². The summed E-state index contributed by atoms with van der Waals surface area (Å²) in [6, 6.07) is 21.8. The van der Waals surface area contributed by atoms with E-state index in [1.54, 1.807) is 18.7 Å². The second-order valence-electron chi connectivity index (χ2n) is 10.2. The Morgan fingerprint density at radius 1 is 1.11 bits per heavy atom. The van der Waals surface area contributed by atoms with Crippen molar-refractivity contribution in [3.05, 3.63) is 83.6 Å². The average Bonchev–Trinajstić information content (AvgIpc) is 2.83. The number of benzene rings is 2. The molecule has 0 spiro atoms. The number of carbonyl (C=O) groups excluding carboxylic acids is 1. The normalized spacial score (nSPS) is 19.1. The first-order valence-corrected chi connectivity index (χ1v) is 12.6. The number of nitrogens with zero attached hydrogens (tertiary/aromatic N) is 2. The third-order valence-corrected chi connectivity index (χ3v) is 6.71. The second kappa shape index (κ2) is 10.3. The number of aromatic nitrogens is 1. The molecule has 3 aromatic rings. The van der Waals surface area contributed by atoms with Gasteiger partial charge in [0, 0.05) is 31.1 Å². The predicted octanol–water partition coefficient (Wildman–Crippen LogP) is 6.42. The molecule has 1 aliphatic rings. The molecule has 1 unspecified atom stereocenters. The van der Waals surface area contributed by atoms with Gasteiger partial charge in [-0.25, -0.2) is 9.78 Å². The van der Waals surface area contributed by atoms with Gasteiger partial charge >= 0.3 is 6.09 Å². The van der Waals surface area contributed by atoms with Crippen LogP contribution in [0.4, 0.5) is 4.79 Å². The van der Waals surface area contributed by atoms with E-state index in [-0.39, 0.29) is 12.1 Å². The first-order valence-electron chi connectivity index (χ1n) is 12.6. The fraction of sp³-hybridized carbons (Fsp3) is 0.400. The highest BCUT2D eigenvalue weighted by atomic mass is 16.6. The molecule has 6 nitrogen and oxygen atoms in total. The van der Waals surface area contributed by atoms with Crippen molar-refractivity contribution in [3.8, 4) is 17.0 Å². The number of aryl methyl sites for hydroxylation is 1. The Hall–Kier alpha value is -3.38. The first kappa shape index (κ1) is 25.7. The topological polar surface area (TPSA) is 71.9 Å². The highest BCUT2D eigenvalue weighted by molar-refractivity contribution is 5.70. The number of carbonyl (C=O) groups is 1. The summed E-state index contributed by atoms with van der Waals surface area (Å²) in [5.41, 5.74) is 3.12. The molecule has 1 N–H and O–H groups in total. The van der Waals surface area contributed by atoms with Crippen LogP contribution < -0.4 is 4.74 Å². The van der Waals surface area contributed by atoms with Crippen molar-refractivity contribution in [3.63, 3.8) is 0 Å². The van der Waals surface area contributed by atoms with Crippen LogP contribution in [0.2, 0.25) is 0 Å². The molecule has 2 heterocycles. The summed E-state index contributed by atoms with van der Waals surface area (Å²) in [5, 5.41) is 10.6. The molecule has 1 aromatic heterocycles. The average molecular weight is 489 g/mol. The number of rotatable bonds is 8. The summed E-state index contributed by atoms with van der Waals surface area (Å²) in [7, 11) is 0. The number of hydrogen-bond donors (Lipinski definition) is 1. The van der Waals surface area contributed by atoms with E-state index in [9.17, 15) is 9.90 Å². The van der Waals surface area contributed by atoms with Gasteiger partial charge in [0.2, 0.25) is 5.88 Å². The molecule has 0 radical (unpaired) electrons. The van der Waals surface area contributed by atoms with Crippen LogP contribution in [-0.2, 0) is 10.3 Å². The molecule has 1 fully saturated rings. The van der Waals surface area contributed by atoms with Gasteiger partial charge in [0.05, 0.1) is 18.2 Å². The van der Waals surface area contributed by atoms with Crippen molar-refractivity contribution in [1.82, 2.24) is 9.88 Å². The van der Waals surface area contributed by atoms with Crippen molar-refractivity contribution in [1.29, 1.82) is 0 Å². The van der Waals surface area contributed by atoms with Crippen molar-refractivity contribution in [2.24, 2.45) is 0 Å². The molecular weight excluding hydrogens is 452 g/mol. The predicted molar refractivity (Wildman–Crippen MR) is 141 cm³/mol. The fourth-order valence-electron chi connectivity index (χ4n) is 5.05. The summed E-state index contributed by atoms with van der Waals surface area (Å²) >= 11 is 0. The Morgan fingerprint density at radius 2 is 1.81 bits per heavy atom. The Balaban J connectivity index is 1.53. The van der Waals surface area contributed by atoms with E-state index in [1.165, 1.54) is 0 Å². The summed E-state index contributed by atoms with van der Waals surface area (Å²) in [6.45, 7) is 10.5. The van der Waals surface area contributed by atoms with Crippen LogP contribution in [0.15, 0.2) is 66.7 Å². The van der Waals surface area contributed by atoms with Gasteiger partial charge in [-0.15, -0.1) is 0 Å². The minimum Gasteiger partial charge on any atom is -0.478 e. The smallest absolute Gasteiger partial charge is 0.411 e. The minimum absolute atomic E-state index is 0.152. The Bertz CT molecular complexity index is 1190. The number of amides is 1. The maximum absolute atomic E-state index is 13.3. The van der Waals surface area contributed by atoms with Crippen LogP contribution in [-0.4, -0.2) is 39.8 Å². The van der Waals surface area contributed by atoms with Crippen LogP contribution >= 0.6 is 0 Å². The standard InChI is InChI=1S/C30H36N2O4/c1-6-35-27-19-25(18-21(2)31-27)24-14-12-23(13-15-24)22(3)32-17-16-30(36-28(32)33,20-29(4,5)34)26-10-8-7-9-11-26/h7-15,18-19,22,34H,6,16-17,20H2,1-5H3/t22-,30?/m0/s1. The molecule has 0 bridgehead atoms. The molecule has 2 atom stereocenters. The summed E-state index contributed by atoms with van der Waals surface area (Å²) in [5.74, 6) is 0.619. The zero-order chi connectivity index (χ0) is 25.9. The summed E-state index contributed by atoms with van der Waals surface area (Å²) < 4.78 is 11.7. The largest absolute Gasteiger partial charge is 0.478 e. The molecule has 1 amide bonds. The Kier molecular flexibility index (Phi) is 7.36. The van der Waals surface area contributed by atoms with E-state index >= 15 is 0 Å². The molecule has 0 saturated carbocycles. The van der Waals surface area contributed by atoms with E-state index in [0.717, 1.165) is 27.9 Å². The highest BCUT2D eigenvalue weighted by Gasteiger charge is 2.46. The lowest BCUT2D eigenvalue weighted by Gasteiger charge is -2.45. The van der Waals surface area contributed by atoms with E-state index in [1.807, 2.05) is 63.2 Å². The zero-order valence-corrected chi connectivity index (χ0v) is 21.8. The number of ether oxygens (including phenoxy) is 2. The van der Waals surface area contributed by atoms with Gasteiger partial charge in [0.15, 0.2) is 0 Å². The van der Waals surface area contributed by atoms with Gasteiger partial charge in [0.1, 0.15) is 5.60 Å². The van der Waals surface area contributed by atoms with Crippen LogP contribution in [0.3, 0.4) is 0 Å². The monoisotopic (exact) mass is 488 g/mol. The van der Waals surface area contributed by atoms with Crippen molar-refractivity contribution >= 4 is 6.09 Å². The van der Waals surface area contributed by atoms with Crippen LogP contribution in [0.25, 0.3) is 11.1 Å². The van der Waals surface area contributed by atoms with Crippen LogP contribution in [0, 0.1) is 6.92 Å². The Labute approximate surface area is 213 Å². The van der Waals surface area contributed by atoms with Gasteiger partial charge in [-0.05, 0) is 62.9 Å². The molecular formula is C30H36N2O4. The lowest BCUT2D eigenvalue weighted by Crippen LogP contribution is -2.51. The summed E-state index contributed by atoms with van der Waals surface area (Å²) in [6.07, 6.45) is 0.574. The maximum atomic E-state index is 13.3. The molecule has 36 heavy (non-hydrogen) atoms. The maximum Gasteiger partial charge on any atom is 0.411 e. The van der Waals surface area contributed by atoms with Gasteiger partial charge in [-0.3, -0.25) is 0 Å². The fourth-order valence-corrected chi connectivity index (χ4v) is 5.05. The van der Waals surface area contributed by atoms with Gasteiger partial charge in [-0.1, -0.05) is 54.6 Å². The van der Waals surface area contributed by atoms with Crippen molar-refractivity contribution in [2.75, 3.05) is 13.2 Å². The van der Waals surface area contributed by atoms with Crippen LogP contribution in [0.1, 0.15) is 63.4 Å². The van der Waals surface area contributed by atoms with Crippen LogP contribution in [0.5, 0.6) is 5.88 Å². The molecule has 1 saturated heterocycles. The number of pyridine rings is 1. The number of hydrogen-bond acceptors (Lipinski definition) is 5.